The first kappa shape index (κ1) is 20.6. The van der Waals surface area contributed by atoms with E-state index in [0.29, 0.717) is 18.1 Å². The van der Waals surface area contributed by atoms with Crippen LogP contribution in [0.2, 0.25) is 0 Å². The number of nitrogens with one attached hydrogen (secondary N) is 1. The molecule has 0 spiro atoms. The molecule has 0 saturated carbocycles. The number of hydrogen-bond acceptors (Lipinski definition) is 5. The molecule has 1 N–H and O–H groups in total. The summed E-state index contributed by atoms with van der Waals surface area (Å²) in [6.45, 7) is 4.07. The lowest BCUT2D eigenvalue weighted by molar-refractivity contribution is -0.116. The van der Waals surface area contributed by atoms with Crippen molar-refractivity contribution >= 4 is 17.2 Å². The van der Waals surface area contributed by atoms with Crippen molar-refractivity contribution in [2.45, 2.75) is 26.7 Å². The summed E-state index contributed by atoms with van der Waals surface area (Å²) in [5.74, 6) is 0.863. The fourth-order valence-corrected chi connectivity index (χ4v) is 3.57. The molecular weight excluding hydrogens is 414 g/mol. The molecule has 5 aromatic rings. The molecule has 164 valence electrons. The summed E-state index contributed by atoms with van der Waals surface area (Å²) >= 11 is 0. The van der Waals surface area contributed by atoms with E-state index in [4.69, 9.17) is 4.52 Å². The second-order valence-corrected chi connectivity index (χ2v) is 8.10. The first-order valence-electron chi connectivity index (χ1n) is 10.8. The molecule has 0 aliphatic heterocycles. The number of aryl methyl sites for hydroxylation is 3. The van der Waals surface area contributed by atoms with E-state index in [9.17, 15) is 4.79 Å². The van der Waals surface area contributed by atoms with Crippen LogP contribution in [0.25, 0.3) is 28.3 Å². The van der Waals surface area contributed by atoms with Crippen molar-refractivity contribution in [3.63, 3.8) is 0 Å². The molecule has 0 atom stereocenters. The number of pyridine rings is 1. The number of rotatable bonds is 6. The second kappa shape index (κ2) is 8.70. The van der Waals surface area contributed by atoms with E-state index in [1.54, 1.807) is 0 Å². The zero-order valence-corrected chi connectivity index (χ0v) is 18.4. The van der Waals surface area contributed by atoms with Gasteiger partial charge in [-0.25, -0.2) is 4.98 Å². The van der Waals surface area contributed by atoms with E-state index in [1.165, 1.54) is 11.1 Å². The Morgan fingerprint density at radius 2 is 1.70 bits per heavy atom. The fraction of sp³-hybridized carbons (Fsp3) is 0.154. The smallest absolute Gasteiger partial charge is 0.227 e. The number of nitrogens with zero attached hydrogens (tertiary/aromatic N) is 4. The Labute approximate surface area is 191 Å². The predicted molar refractivity (Wildman–Crippen MR) is 127 cm³/mol. The quantitative estimate of drug-likeness (QED) is 0.393. The van der Waals surface area contributed by atoms with Crippen LogP contribution < -0.4 is 5.32 Å². The van der Waals surface area contributed by atoms with Crippen molar-refractivity contribution in [2.75, 3.05) is 5.32 Å². The minimum atomic E-state index is -0.110. The van der Waals surface area contributed by atoms with Gasteiger partial charge in [0.05, 0.1) is 5.69 Å². The molecule has 3 aromatic heterocycles. The van der Waals surface area contributed by atoms with Crippen molar-refractivity contribution in [3.05, 3.63) is 90.1 Å². The van der Waals surface area contributed by atoms with Crippen LogP contribution in [0.15, 0.2) is 77.6 Å². The van der Waals surface area contributed by atoms with Crippen LogP contribution in [-0.4, -0.2) is 25.4 Å². The summed E-state index contributed by atoms with van der Waals surface area (Å²) in [6.07, 6.45) is 4.63. The van der Waals surface area contributed by atoms with Crippen LogP contribution in [0.5, 0.6) is 0 Å². The highest BCUT2D eigenvalue weighted by Gasteiger charge is 2.11. The first-order chi connectivity index (χ1) is 16.0. The topological polar surface area (TPSA) is 85.3 Å². The lowest BCUT2D eigenvalue weighted by atomic mass is 10.1. The lowest BCUT2D eigenvalue weighted by Crippen LogP contribution is -2.12. The van der Waals surface area contributed by atoms with E-state index in [0.717, 1.165) is 28.2 Å². The van der Waals surface area contributed by atoms with Crippen LogP contribution in [0.4, 0.5) is 5.69 Å². The van der Waals surface area contributed by atoms with Crippen LogP contribution in [-0.2, 0) is 11.2 Å². The van der Waals surface area contributed by atoms with Crippen LogP contribution >= 0.6 is 0 Å². The lowest BCUT2D eigenvalue weighted by Gasteiger charge is -2.05. The molecule has 7 heteroatoms. The van der Waals surface area contributed by atoms with Gasteiger partial charge in [0.25, 0.3) is 0 Å². The highest BCUT2D eigenvalue weighted by atomic mass is 16.5. The van der Waals surface area contributed by atoms with Gasteiger partial charge in [0.15, 0.2) is 0 Å². The van der Waals surface area contributed by atoms with Gasteiger partial charge in [0.1, 0.15) is 5.65 Å². The number of carbonyl (C=O) groups excluding carboxylic acids is 1. The number of anilines is 1. The van der Waals surface area contributed by atoms with E-state index in [-0.39, 0.29) is 12.3 Å². The molecule has 0 aliphatic rings. The highest BCUT2D eigenvalue weighted by molar-refractivity contribution is 5.91. The van der Waals surface area contributed by atoms with Gasteiger partial charge in [-0.15, -0.1) is 0 Å². The normalized spacial score (nSPS) is 11.1. The summed E-state index contributed by atoms with van der Waals surface area (Å²) in [7, 11) is 0. The molecule has 0 saturated heterocycles. The Kier molecular flexibility index (Phi) is 5.44. The number of hydrogen-bond donors (Lipinski definition) is 1. The second-order valence-electron chi connectivity index (χ2n) is 8.10. The Balaban J connectivity index is 1.18. The van der Waals surface area contributed by atoms with Gasteiger partial charge in [-0.2, -0.15) is 4.98 Å². The van der Waals surface area contributed by atoms with Crippen molar-refractivity contribution in [1.82, 2.24) is 19.5 Å². The predicted octanol–water partition coefficient (Wildman–Crippen LogP) is 5.24. The minimum absolute atomic E-state index is 0.110. The molecule has 0 bridgehead atoms. The van der Waals surface area contributed by atoms with Gasteiger partial charge in [-0.1, -0.05) is 47.1 Å². The van der Waals surface area contributed by atoms with Crippen molar-refractivity contribution < 1.29 is 9.32 Å². The molecule has 3 heterocycles. The Bertz CT molecular complexity index is 1420. The maximum absolute atomic E-state index is 12.4. The van der Waals surface area contributed by atoms with E-state index in [1.807, 2.05) is 85.2 Å². The molecule has 0 fully saturated rings. The molecule has 7 nitrogen and oxygen atoms in total. The van der Waals surface area contributed by atoms with Gasteiger partial charge in [0, 0.05) is 42.0 Å². The monoisotopic (exact) mass is 437 g/mol. The molecule has 0 unspecified atom stereocenters. The molecule has 5 rings (SSSR count). The molecular formula is C26H23N5O2. The molecule has 0 aliphatic carbocycles. The molecule has 33 heavy (non-hydrogen) atoms. The van der Waals surface area contributed by atoms with E-state index >= 15 is 0 Å². The maximum atomic E-state index is 12.4. The number of fused-ring (bicyclic) bond motifs is 1. The molecule has 1 amide bonds. The van der Waals surface area contributed by atoms with Gasteiger partial charge < -0.3 is 14.2 Å². The zero-order valence-electron chi connectivity index (χ0n) is 18.4. The number of benzene rings is 2. The van der Waals surface area contributed by atoms with Gasteiger partial charge in [-0.05, 0) is 43.7 Å². The van der Waals surface area contributed by atoms with Gasteiger partial charge in [0.2, 0.25) is 17.6 Å². The van der Waals surface area contributed by atoms with Crippen molar-refractivity contribution in [3.8, 4) is 22.6 Å². The van der Waals surface area contributed by atoms with Crippen LogP contribution in [0.1, 0.15) is 23.4 Å². The largest absolute Gasteiger partial charge is 0.339 e. The summed E-state index contributed by atoms with van der Waals surface area (Å²) in [6, 6.07) is 19.7. The Morgan fingerprint density at radius 3 is 2.48 bits per heavy atom. The van der Waals surface area contributed by atoms with E-state index < -0.39 is 0 Å². The summed E-state index contributed by atoms with van der Waals surface area (Å²) in [5.41, 5.74) is 6.75. The van der Waals surface area contributed by atoms with Crippen LogP contribution in [0, 0.1) is 13.8 Å². The molecule has 0 radical (unpaired) electrons. The summed E-state index contributed by atoms with van der Waals surface area (Å²) < 4.78 is 7.30. The third kappa shape index (κ3) is 4.67. The van der Waals surface area contributed by atoms with E-state index in [2.05, 4.69) is 26.5 Å². The average molecular weight is 438 g/mol. The first-order valence-corrected chi connectivity index (χ1v) is 10.8. The Hall–Kier alpha value is -4.26. The third-order valence-electron chi connectivity index (χ3n) is 5.42. The Morgan fingerprint density at radius 1 is 0.939 bits per heavy atom. The average Bonchev–Trinajstić information content (AvgIpc) is 3.46. The fourth-order valence-electron chi connectivity index (χ4n) is 3.57. The van der Waals surface area contributed by atoms with Crippen molar-refractivity contribution in [1.29, 1.82) is 0 Å². The third-order valence-corrected chi connectivity index (χ3v) is 5.42. The van der Waals surface area contributed by atoms with Gasteiger partial charge in [-0.3, -0.25) is 4.79 Å². The number of amides is 1. The number of aromatic nitrogens is 4. The summed E-state index contributed by atoms with van der Waals surface area (Å²) in [4.78, 5) is 21.5. The maximum Gasteiger partial charge on any atom is 0.227 e. The zero-order chi connectivity index (χ0) is 22.8. The number of carbonyl (C=O) groups is 1. The highest BCUT2D eigenvalue weighted by Crippen LogP contribution is 2.22. The standard InChI is InChI=1S/C26H23N5O2/c1-17-3-5-20(6-4-17)26-29-25(33-30-26)12-11-24(32)27-21-9-7-19(8-10-21)22-16-31-14-13-18(2)15-23(31)28-22/h3-10,13-16H,11-12H2,1-2H3,(H,27,32). The SMILES string of the molecule is Cc1ccc(-c2noc(CCC(=O)Nc3ccc(-c4cn5ccc(C)cc5n4)cc3)n2)cc1. The van der Waals surface area contributed by atoms with Crippen molar-refractivity contribution in [2.24, 2.45) is 0 Å². The minimum Gasteiger partial charge on any atom is -0.339 e. The molecule has 2 aromatic carbocycles. The summed E-state index contributed by atoms with van der Waals surface area (Å²) in [5, 5.41) is 6.93. The van der Waals surface area contributed by atoms with Gasteiger partial charge >= 0.3 is 0 Å². The number of imidazole rings is 1. The van der Waals surface area contributed by atoms with Crippen LogP contribution in [0.3, 0.4) is 0 Å².